The van der Waals surface area contributed by atoms with E-state index in [1.165, 1.54) is 29.3 Å². The van der Waals surface area contributed by atoms with Crippen LogP contribution in [0.3, 0.4) is 0 Å². The van der Waals surface area contributed by atoms with Gasteiger partial charge in [0.2, 0.25) is 17.6 Å². The number of fused-ring (bicyclic) bond motifs is 1. The zero-order chi connectivity index (χ0) is 23.5. The van der Waals surface area contributed by atoms with Gasteiger partial charge in [0.05, 0.1) is 23.9 Å². The van der Waals surface area contributed by atoms with Gasteiger partial charge in [-0.05, 0) is 42.8 Å². The molecule has 0 aliphatic rings. The molecule has 0 unspecified atom stereocenters. The van der Waals surface area contributed by atoms with Crippen molar-refractivity contribution in [1.82, 2.24) is 29.9 Å². The fourth-order valence-corrected chi connectivity index (χ4v) is 3.48. The Kier molecular flexibility index (Phi) is 5.65. The highest BCUT2D eigenvalue weighted by Crippen LogP contribution is 2.23. The predicted molar refractivity (Wildman–Crippen MR) is 121 cm³/mol. The van der Waals surface area contributed by atoms with Crippen molar-refractivity contribution in [2.45, 2.75) is 19.3 Å². The molecular formula is C23H18FN7O3. The van der Waals surface area contributed by atoms with Gasteiger partial charge in [-0.15, -0.1) is 0 Å². The quantitative estimate of drug-likeness (QED) is 0.382. The molecule has 1 amide bonds. The molecule has 11 heteroatoms. The number of halogens is 1. The van der Waals surface area contributed by atoms with Gasteiger partial charge in [-0.1, -0.05) is 17.3 Å². The number of anilines is 1. The molecule has 2 aromatic carbocycles. The number of carbonyl (C=O) groups excluding carboxylic acids is 1. The lowest BCUT2D eigenvalue weighted by Crippen LogP contribution is -2.14. The Balaban J connectivity index is 1.23. The molecule has 170 valence electrons. The van der Waals surface area contributed by atoms with E-state index < -0.39 is 0 Å². The smallest absolute Gasteiger partial charge is 0.261 e. The van der Waals surface area contributed by atoms with Gasteiger partial charge in [0.1, 0.15) is 11.2 Å². The summed E-state index contributed by atoms with van der Waals surface area (Å²) in [5.41, 5.74) is 1.87. The fraction of sp³-hybridized carbons (Fsp3) is 0.130. The maximum absolute atomic E-state index is 13.1. The minimum atomic E-state index is -0.342. The molecule has 0 saturated carbocycles. The topological polar surface area (TPSA) is 132 Å². The van der Waals surface area contributed by atoms with Crippen LogP contribution in [0.2, 0.25) is 0 Å². The summed E-state index contributed by atoms with van der Waals surface area (Å²) >= 11 is 0. The van der Waals surface area contributed by atoms with Gasteiger partial charge in [0, 0.05) is 18.4 Å². The second-order valence-electron chi connectivity index (χ2n) is 7.46. The summed E-state index contributed by atoms with van der Waals surface area (Å²) in [6.07, 6.45) is 3.87. The third-order valence-corrected chi connectivity index (χ3v) is 5.14. The first-order valence-electron chi connectivity index (χ1n) is 10.5. The number of para-hydroxylation sites is 2. The number of hydrogen-bond donors (Lipinski definition) is 2. The van der Waals surface area contributed by atoms with Gasteiger partial charge in [-0.3, -0.25) is 9.59 Å². The average Bonchev–Trinajstić information content (AvgIpc) is 3.48. The summed E-state index contributed by atoms with van der Waals surface area (Å²) in [4.78, 5) is 35.6. The second kappa shape index (κ2) is 9.06. The minimum absolute atomic E-state index is 0.201. The van der Waals surface area contributed by atoms with E-state index >= 15 is 0 Å². The van der Waals surface area contributed by atoms with Gasteiger partial charge in [-0.2, -0.15) is 10.1 Å². The number of H-pyrrole nitrogens is 1. The lowest BCUT2D eigenvalue weighted by atomic mass is 10.2. The molecule has 0 atom stereocenters. The van der Waals surface area contributed by atoms with E-state index in [-0.39, 0.29) is 23.7 Å². The van der Waals surface area contributed by atoms with E-state index in [1.54, 1.807) is 36.4 Å². The van der Waals surface area contributed by atoms with Crippen molar-refractivity contribution in [3.05, 3.63) is 83.1 Å². The van der Waals surface area contributed by atoms with Gasteiger partial charge >= 0.3 is 0 Å². The van der Waals surface area contributed by atoms with Gasteiger partial charge in [0.25, 0.3) is 5.56 Å². The Labute approximate surface area is 191 Å². The molecular weight excluding hydrogens is 441 g/mol. The highest BCUT2D eigenvalue weighted by atomic mass is 19.1. The molecule has 0 fully saturated rings. The second-order valence-corrected chi connectivity index (χ2v) is 7.46. The highest BCUT2D eigenvalue weighted by molar-refractivity contribution is 5.93. The van der Waals surface area contributed by atoms with Crippen molar-refractivity contribution in [2.24, 2.45) is 0 Å². The maximum atomic E-state index is 13.1. The number of rotatable bonds is 7. The van der Waals surface area contributed by atoms with Crippen LogP contribution in [0.5, 0.6) is 0 Å². The number of amides is 1. The molecule has 2 N–H and O–H groups in total. The molecule has 3 aromatic heterocycles. The summed E-state index contributed by atoms with van der Waals surface area (Å²) in [6, 6.07) is 12.9. The molecule has 0 aliphatic heterocycles. The van der Waals surface area contributed by atoms with Crippen LogP contribution in [0.1, 0.15) is 18.7 Å². The van der Waals surface area contributed by atoms with E-state index in [2.05, 4.69) is 30.5 Å². The molecule has 34 heavy (non-hydrogen) atoms. The zero-order valence-electron chi connectivity index (χ0n) is 17.7. The third-order valence-electron chi connectivity index (χ3n) is 5.14. The Bertz CT molecular complexity index is 1520. The standard InChI is InChI=1S/C23H18FN7O3/c24-15-10-8-14(9-11-15)21-29-20(34-30-21)7-3-6-19(32)28-17-4-1-2-5-18(17)31-22-16(12-27-31)23(33)26-13-25-22/h1-2,4-5,8-13H,3,6-7H2,(H,28,32)(H,25,26,33). The molecule has 10 nitrogen and oxygen atoms in total. The lowest BCUT2D eigenvalue weighted by molar-refractivity contribution is -0.116. The van der Waals surface area contributed by atoms with Crippen molar-refractivity contribution in [1.29, 1.82) is 0 Å². The average molecular weight is 459 g/mol. The number of aromatic nitrogens is 6. The first-order valence-corrected chi connectivity index (χ1v) is 10.5. The molecule has 3 heterocycles. The highest BCUT2D eigenvalue weighted by Gasteiger charge is 2.14. The molecule has 0 radical (unpaired) electrons. The van der Waals surface area contributed by atoms with Crippen molar-refractivity contribution in [2.75, 3.05) is 5.32 Å². The van der Waals surface area contributed by atoms with Crippen LogP contribution < -0.4 is 10.9 Å². The molecule has 0 aliphatic carbocycles. The largest absolute Gasteiger partial charge is 0.339 e. The van der Waals surface area contributed by atoms with E-state index in [0.29, 0.717) is 52.5 Å². The van der Waals surface area contributed by atoms with E-state index in [0.717, 1.165) is 0 Å². The number of aryl methyl sites for hydroxylation is 1. The van der Waals surface area contributed by atoms with Crippen molar-refractivity contribution >= 4 is 22.6 Å². The number of hydrogen-bond acceptors (Lipinski definition) is 7. The first-order chi connectivity index (χ1) is 16.6. The molecule has 0 bridgehead atoms. The van der Waals surface area contributed by atoms with Crippen LogP contribution >= 0.6 is 0 Å². The Hall–Kier alpha value is -4.67. The number of benzene rings is 2. The summed E-state index contributed by atoms with van der Waals surface area (Å²) in [5, 5.41) is 11.4. The van der Waals surface area contributed by atoms with Crippen LogP contribution in [-0.2, 0) is 11.2 Å². The molecule has 5 rings (SSSR count). The van der Waals surface area contributed by atoms with E-state index in [1.807, 2.05) is 0 Å². The maximum Gasteiger partial charge on any atom is 0.261 e. The summed E-state index contributed by atoms with van der Waals surface area (Å²) in [7, 11) is 0. The Morgan fingerprint density at radius 2 is 1.97 bits per heavy atom. The van der Waals surface area contributed by atoms with Crippen molar-refractivity contribution in [3.8, 4) is 17.1 Å². The van der Waals surface area contributed by atoms with E-state index in [4.69, 9.17) is 4.52 Å². The van der Waals surface area contributed by atoms with E-state index in [9.17, 15) is 14.0 Å². The molecule has 5 aromatic rings. The SMILES string of the molecule is O=C(CCCc1nc(-c2ccc(F)cc2)no1)Nc1ccccc1-n1ncc2c(=O)[nH]cnc21. The normalized spacial score (nSPS) is 11.1. The van der Waals surface area contributed by atoms with Gasteiger partial charge < -0.3 is 14.8 Å². The van der Waals surface area contributed by atoms with Crippen LogP contribution in [0, 0.1) is 5.82 Å². The first kappa shape index (κ1) is 21.2. The van der Waals surface area contributed by atoms with Crippen LogP contribution in [0.15, 0.2) is 70.4 Å². The number of carbonyl (C=O) groups is 1. The van der Waals surface area contributed by atoms with Crippen LogP contribution in [0.4, 0.5) is 10.1 Å². The molecule has 0 saturated heterocycles. The van der Waals surface area contributed by atoms with Gasteiger partial charge in [0.15, 0.2) is 5.65 Å². The summed E-state index contributed by atoms with van der Waals surface area (Å²) in [6.45, 7) is 0. The van der Waals surface area contributed by atoms with Crippen molar-refractivity contribution < 1.29 is 13.7 Å². The lowest BCUT2D eigenvalue weighted by Gasteiger charge is -2.11. The zero-order valence-corrected chi connectivity index (χ0v) is 17.7. The number of nitrogens with zero attached hydrogens (tertiary/aromatic N) is 5. The third kappa shape index (κ3) is 4.31. The minimum Gasteiger partial charge on any atom is -0.339 e. The summed E-state index contributed by atoms with van der Waals surface area (Å²) < 4.78 is 19.8. The molecule has 0 spiro atoms. The predicted octanol–water partition coefficient (Wildman–Crippen LogP) is 3.26. The Morgan fingerprint density at radius 1 is 1.15 bits per heavy atom. The van der Waals surface area contributed by atoms with Crippen LogP contribution in [-0.4, -0.2) is 35.8 Å². The van der Waals surface area contributed by atoms with Crippen molar-refractivity contribution in [3.63, 3.8) is 0 Å². The monoisotopic (exact) mass is 459 g/mol. The summed E-state index contributed by atoms with van der Waals surface area (Å²) in [5.74, 6) is 0.220. The number of aromatic amines is 1. The van der Waals surface area contributed by atoms with Gasteiger partial charge in [-0.25, -0.2) is 14.1 Å². The fourth-order valence-electron chi connectivity index (χ4n) is 3.48. The number of nitrogens with one attached hydrogen (secondary N) is 2. The van der Waals surface area contributed by atoms with Crippen LogP contribution in [0.25, 0.3) is 28.1 Å². The Morgan fingerprint density at radius 3 is 2.82 bits per heavy atom.